The summed E-state index contributed by atoms with van der Waals surface area (Å²) in [4.78, 5) is 0. The van der Waals surface area contributed by atoms with Crippen LogP contribution in [0.2, 0.25) is 0 Å². The van der Waals surface area contributed by atoms with E-state index in [4.69, 9.17) is 0 Å². The molecule has 2 atom stereocenters. The molecule has 0 aliphatic heterocycles. The van der Waals surface area contributed by atoms with E-state index < -0.39 is 0 Å². The molecule has 1 nitrogen and oxygen atoms in total. The van der Waals surface area contributed by atoms with Crippen molar-refractivity contribution in [2.24, 2.45) is 17.8 Å². The smallest absolute Gasteiger partial charge is 0.0823 e. The van der Waals surface area contributed by atoms with Crippen molar-refractivity contribution in [2.45, 2.75) is 58.0 Å². The Morgan fingerprint density at radius 2 is 1.79 bits per heavy atom. The Morgan fingerprint density at radius 3 is 2.53 bits per heavy atom. The third-order valence-electron chi connectivity index (χ3n) is 5.60. The summed E-state index contributed by atoms with van der Waals surface area (Å²) < 4.78 is 0. The number of aliphatic hydroxyl groups excluding tert-OH is 1. The van der Waals surface area contributed by atoms with E-state index >= 15 is 0 Å². The highest BCUT2D eigenvalue weighted by Gasteiger charge is 2.35. The Balaban J connectivity index is 1.71. The van der Waals surface area contributed by atoms with Gasteiger partial charge in [-0.05, 0) is 54.6 Å². The molecule has 0 saturated heterocycles. The van der Waals surface area contributed by atoms with Crippen molar-refractivity contribution in [1.29, 1.82) is 0 Å². The molecule has 1 saturated carbocycles. The first-order valence-electron chi connectivity index (χ1n) is 8.05. The van der Waals surface area contributed by atoms with Gasteiger partial charge in [0, 0.05) is 0 Å². The molecule has 2 aliphatic rings. The molecule has 0 heterocycles. The van der Waals surface area contributed by atoms with Crippen LogP contribution < -0.4 is 0 Å². The van der Waals surface area contributed by atoms with Crippen molar-refractivity contribution in [3.05, 3.63) is 35.4 Å². The minimum atomic E-state index is -0.215. The Morgan fingerprint density at radius 1 is 1.05 bits per heavy atom. The van der Waals surface area contributed by atoms with Gasteiger partial charge in [0.2, 0.25) is 0 Å². The molecule has 0 aromatic heterocycles. The maximum Gasteiger partial charge on any atom is 0.0823 e. The molecule has 1 fully saturated rings. The van der Waals surface area contributed by atoms with Crippen LogP contribution in [0.1, 0.15) is 62.7 Å². The average Bonchev–Trinajstić information content (AvgIpc) is 2.48. The molecule has 19 heavy (non-hydrogen) atoms. The van der Waals surface area contributed by atoms with Gasteiger partial charge in [0.15, 0.2) is 0 Å². The summed E-state index contributed by atoms with van der Waals surface area (Å²) in [6, 6.07) is 8.48. The van der Waals surface area contributed by atoms with Gasteiger partial charge in [0.25, 0.3) is 0 Å². The van der Waals surface area contributed by atoms with Crippen LogP contribution >= 0.6 is 0 Å². The molecule has 1 heteroatoms. The zero-order valence-electron chi connectivity index (χ0n) is 12.0. The molecule has 0 spiro atoms. The Labute approximate surface area is 117 Å². The lowest BCUT2D eigenvalue weighted by Gasteiger charge is -2.39. The third-order valence-corrected chi connectivity index (χ3v) is 5.60. The fraction of sp³-hybridized carbons (Fsp3) is 0.667. The molecular formula is C18H26O. The second kappa shape index (κ2) is 5.66. The monoisotopic (exact) mass is 258 g/mol. The van der Waals surface area contributed by atoms with E-state index in [0.717, 1.165) is 18.3 Å². The van der Waals surface area contributed by atoms with Gasteiger partial charge in [-0.25, -0.2) is 0 Å². The first kappa shape index (κ1) is 13.2. The maximum atomic E-state index is 10.7. The Hall–Kier alpha value is -0.820. The van der Waals surface area contributed by atoms with Crippen LogP contribution in [0.15, 0.2) is 24.3 Å². The minimum absolute atomic E-state index is 0.215. The average molecular weight is 258 g/mol. The molecule has 0 amide bonds. The van der Waals surface area contributed by atoms with Gasteiger partial charge in [-0.1, -0.05) is 50.5 Å². The van der Waals surface area contributed by atoms with Gasteiger partial charge in [0.05, 0.1) is 6.10 Å². The maximum absolute atomic E-state index is 10.7. The van der Waals surface area contributed by atoms with Gasteiger partial charge in [0.1, 0.15) is 0 Å². The number of hydrogen-bond donors (Lipinski definition) is 1. The molecule has 2 aliphatic carbocycles. The lowest BCUT2D eigenvalue weighted by atomic mass is 9.68. The lowest BCUT2D eigenvalue weighted by molar-refractivity contribution is 0.0378. The Bertz CT molecular complexity index is 417. The van der Waals surface area contributed by atoms with E-state index in [9.17, 15) is 5.11 Å². The van der Waals surface area contributed by atoms with E-state index in [0.29, 0.717) is 5.92 Å². The number of rotatable bonds is 2. The summed E-state index contributed by atoms with van der Waals surface area (Å²) in [5.41, 5.74) is 2.57. The molecule has 3 rings (SSSR count). The van der Waals surface area contributed by atoms with Crippen molar-refractivity contribution in [3.8, 4) is 0 Å². The van der Waals surface area contributed by atoms with Crippen LogP contribution in [0.25, 0.3) is 0 Å². The third kappa shape index (κ3) is 2.58. The molecule has 104 valence electrons. The van der Waals surface area contributed by atoms with Crippen molar-refractivity contribution in [3.63, 3.8) is 0 Å². The molecule has 1 aromatic carbocycles. The van der Waals surface area contributed by atoms with Crippen molar-refractivity contribution >= 4 is 0 Å². The fourth-order valence-corrected chi connectivity index (χ4v) is 4.28. The van der Waals surface area contributed by atoms with Gasteiger partial charge in [-0.15, -0.1) is 0 Å². The van der Waals surface area contributed by atoms with Crippen molar-refractivity contribution < 1.29 is 5.11 Å². The molecule has 1 N–H and O–H groups in total. The van der Waals surface area contributed by atoms with Crippen LogP contribution in [-0.4, -0.2) is 5.11 Å². The standard InChI is InChI=1S/C18H26O/c1-2-13-7-9-15(10-8-13)17-12-11-14-5-3-4-6-16(14)18(17)19/h3-6,13,15,17-19H,2,7-12H2,1H3. The largest absolute Gasteiger partial charge is 0.388 e. The highest BCUT2D eigenvalue weighted by Crippen LogP contribution is 2.44. The zero-order chi connectivity index (χ0) is 13.2. The SMILES string of the molecule is CCC1CCC(C2CCc3ccccc3C2O)CC1. The normalized spacial score (nSPS) is 34.8. The highest BCUT2D eigenvalue weighted by molar-refractivity contribution is 5.32. The highest BCUT2D eigenvalue weighted by atomic mass is 16.3. The first-order valence-corrected chi connectivity index (χ1v) is 8.05. The van der Waals surface area contributed by atoms with Gasteiger partial charge >= 0.3 is 0 Å². The lowest BCUT2D eigenvalue weighted by Crippen LogP contribution is -2.30. The quantitative estimate of drug-likeness (QED) is 0.828. The van der Waals surface area contributed by atoms with E-state index in [1.165, 1.54) is 49.7 Å². The van der Waals surface area contributed by atoms with Crippen LogP contribution in [0.5, 0.6) is 0 Å². The summed E-state index contributed by atoms with van der Waals surface area (Å²) >= 11 is 0. The minimum Gasteiger partial charge on any atom is -0.388 e. The van der Waals surface area contributed by atoms with E-state index in [-0.39, 0.29) is 6.10 Å². The molecule has 0 bridgehead atoms. The van der Waals surface area contributed by atoms with Crippen molar-refractivity contribution in [2.75, 3.05) is 0 Å². The molecule has 2 unspecified atom stereocenters. The molecule has 0 radical (unpaired) electrons. The predicted molar refractivity (Wildman–Crippen MR) is 79.0 cm³/mol. The molecule has 1 aromatic rings. The van der Waals surface area contributed by atoms with E-state index in [1.807, 2.05) is 0 Å². The topological polar surface area (TPSA) is 20.2 Å². The number of fused-ring (bicyclic) bond motifs is 1. The second-order valence-electron chi connectivity index (χ2n) is 6.54. The summed E-state index contributed by atoms with van der Waals surface area (Å²) in [6.07, 6.45) is 8.89. The van der Waals surface area contributed by atoms with Crippen LogP contribution in [0.4, 0.5) is 0 Å². The second-order valence-corrected chi connectivity index (χ2v) is 6.54. The van der Waals surface area contributed by atoms with Crippen LogP contribution in [0.3, 0.4) is 0 Å². The van der Waals surface area contributed by atoms with E-state index in [1.54, 1.807) is 0 Å². The number of aliphatic hydroxyl groups is 1. The van der Waals surface area contributed by atoms with Gasteiger partial charge in [-0.2, -0.15) is 0 Å². The fourth-order valence-electron chi connectivity index (χ4n) is 4.28. The number of benzene rings is 1. The summed E-state index contributed by atoms with van der Waals surface area (Å²) in [7, 11) is 0. The van der Waals surface area contributed by atoms with Gasteiger partial charge in [-0.3, -0.25) is 0 Å². The first-order chi connectivity index (χ1) is 9.29. The Kier molecular flexibility index (Phi) is 3.93. The number of hydrogen-bond acceptors (Lipinski definition) is 1. The van der Waals surface area contributed by atoms with Gasteiger partial charge < -0.3 is 5.11 Å². The van der Waals surface area contributed by atoms with Crippen LogP contribution in [0, 0.1) is 17.8 Å². The summed E-state index contributed by atoms with van der Waals surface area (Å²) in [5, 5.41) is 10.7. The summed E-state index contributed by atoms with van der Waals surface area (Å²) in [5.74, 6) is 2.21. The van der Waals surface area contributed by atoms with Crippen LogP contribution in [-0.2, 0) is 6.42 Å². The number of aryl methyl sites for hydroxylation is 1. The zero-order valence-corrected chi connectivity index (χ0v) is 12.0. The molecular weight excluding hydrogens is 232 g/mol. The van der Waals surface area contributed by atoms with E-state index in [2.05, 4.69) is 31.2 Å². The predicted octanol–water partition coefficient (Wildman–Crippen LogP) is 4.50. The summed E-state index contributed by atoms with van der Waals surface area (Å²) in [6.45, 7) is 2.32. The van der Waals surface area contributed by atoms with Crippen molar-refractivity contribution in [1.82, 2.24) is 0 Å².